The van der Waals surface area contributed by atoms with Crippen molar-refractivity contribution in [3.63, 3.8) is 0 Å². The quantitative estimate of drug-likeness (QED) is 0.828. The van der Waals surface area contributed by atoms with Gasteiger partial charge in [-0.15, -0.1) is 0 Å². The number of imidazole rings is 1. The number of aliphatic hydroxyl groups is 1. The van der Waals surface area contributed by atoms with Gasteiger partial charge < -0.3 is 15.0 Å². The molecule has 2 rings (SSSR count). The van der Waals surface area contributed by atoms with Gasteiger partial charge in [-0.05, 0) is 18.4 Å². The van der Waals surface area contributed by atoms with Crippen LogP contribution in [0.15, 0.2) is 18.6 Å². The molecule has 2 heterocycles. The number of nitrogens with zero attached hydrogens (tertiary/aromatic N) is 3. The van der Waals surface area contributed by atoms with Crippen molar-refractivity contribution in [2.45, 2.75) is 19.8 Å². The van der Waals surface area contributed by atoms with Gasteiger partial charge in [-0.2, -0.15) is 0 Å². The first-order valence-corrected chi connectivity index (χ1v) is 6.81. The average molecular weight is 276 g/mol. The van der Waals surface area contributed by atoms with Crippen molar-refractivity contribution in [1.82, 2.24) is 19.9 Å². The Balaban J connectivity index is 2.03. The normalized spacial score (nSPS) is 12.6. The van der Waals surface area contributed by atoms with Crippen LogP contribution in [-0.4, -0.2) is 38.7 Å². The third kappa shape index (κ3) is 3.14. The van der Waals surface area contributed by atoms with Gasteiger partial charge in [0, 0.05) is 26.4 Å². The summed E-state index contributed by atoms with van der Waals surface area (Å²) in [5.74, 6) is 0.150. The first kappa shape index (κ1) is 14.5. The van der Waals surface area contributed by atoms with Crippen molar-refractivity contribution < 1.29 is 9.90 Å². The standard InChI is InChI=1S/C14H20N4O2/c1-3-10(4-5-19)7-16-14(20)11-6-12-13(15-8-11)18(2)9-17-12/h6,8-10,19H,3-5,7H2,1-2H3,(H,16,20). The summed E-state index contributed by atoms with van der Waals surface area (Å²) in [5, 5.41) is 11.8. The molecule has 6 heteroatoms. The van der Waals surface area contributed by atoms with E-state index in [1.807, 2.05) is 18.5 Å². The van der Waals surface area contributed by atoms with Crippen molar-refractivity contribution in [2.75, 3.05) is 13.2 Å². The first-order chi connectivity index (χ1) is 9.65. The van der Waals surface area contributed by atoms with E-state index in [-0.39, 0.29) is 12.5 Å². The number of rotatable bonds is 6. The molecule has 0 radical (unpaired) electrons. The fourth-order valence-electron chi connectivity index (χ4n) is 2.11. The molecule has 1 atom stereocenters. The zero-order valence-electron chi connectivity index (χ0n) is 11.8. The van der Waals surface area contributed by atoms with Gasteiger partial charge in [-0.25, -0.2) is 9.97 Å². The lowest BCUT2D eigenvalue weighted by atomic mass is 10.0. The van der Waals surface area contributed by atoms with Crippen LogP contribution < -0.4 is 5.32 Å². The Morgan fingerprint density at radius 1 is 1.50 bits per heavy atom. The minimum absolute atomic E-state index is 0.149. The van der Waals surface area contributed by atoms with E-state index in [1.54, 1.807) is 18.6 Å². The molecular weight excluding hydrogens is 256 g/mol. The van der Waals surface area contributed by atoms with E-state index in [0.717, 1.165) is 12.1 Å². The second kappa shape index (κ2) is 6.47. The number of aryl methyl sites for hydroxylation is 1. The molecule has 2 N–H and O–H groups in total. The number of nitrogens with one attached hydrogen (secondary N) is 1. The number of carbonyl (C=O) groups excluding carboxylic acids is 1. The van der Waals surface area contributed by atoms with Crippen LogP contribution in [0.1, 0.15) is 30.1 Å². The Morgan fingerprint density at radius 3 is 3.00 bits per heavy atom. The predicted octanol–water partition coefficient (Wildman–Crippen LogP) is 1.11. The summed E-state index contributed by atoms with van der Waals surface area (Å²) in [4.78, 5) is 20.5. The first-order valence-electron chi connectivity index (χ1n) is 6.81. The lowest BCUT2D eigenvalue weighted by molar-refractivity contribution is 0.0943. The summed E-state index contributed by atoms with van der Waals surface area (Å²) in [6.45, 7) is 2.76. The Bertz CT molecular complexity index is 594. The van der Waals surface area contributed by atoms with Crippen LogP contribution >= 0.6 is 0 Å². The van der Waals surface area contributed by atoms with Crippen LogP contribution in [0.5, 0.6) is 0 Å². The van der Waals surface area contributed by atoms with Crippen molar-refractivity contribution in [1.29, 1.82) is 0 Å². The lowest BCUT2D eigenvalue weighted by Gasteiger charge is -2.14. The van der Waals surface area contributed by atoms with Gasteiger partial charge in [-0.1, -0.05) is 13.3 Å². The molecule has 0 bridgehead atoms. The maximum atomic E-state index is 12.1. The number of hydrogen-bond donors (Lipinski definition) is 2. The van der Waals surface area contributed by atoms with Gasteiger partial charge >= 0.3 is 0 Å². The van der Waals surface area contributed by atoms with Crippen molar-refractivity contribution in [2.24, 2.45) is 13.0 Å². The smallest absolute Gasteiger partial charge is 0.252 e. The zero-order valence-corrected chi connectivity index (χ0v) is 11.8. The molecule has 0 saturated carbocycles. The second-order valence-corrected chi connectivity index (χ2v) is 4.92. The maximum absolute atomic E-state index is 12.1. The monoisotopic (exact) mass is 276 g/mol. The number of hydrogen-bond acceptors (Lipinski definition) is 4. The highest BCUT2D eigenvalue weighted by Gasteiger charge is 2.12. The summed E-state index contributed by atoms with van der Waals surface area (Å²) in [6, 6.07) is 1.74. The van der Waals surface area contributed by atoms with E-state index in [0.29, 0.717) is 30.0 Å². The highest BCUT2D eigenvalue weighted by atomic mass is 16.3. The highest BCUT2D eigenvalue weighted by Crippen LogP contribution is 2.11. The van der Waals surface area contributed by atoms with E-state index in [2.05, 4.69) is 15.3 Å². The number of aliphatic hydroxyl groups excluding tert-OH is 1. The maximum Gasteiger partial charge on any atom is 0.252 e. The fourth-order valence-corrected chi connectivity index (χ4v) is 2.11. The molecule has 0 saturated heterocycles. The van der Waals surface area contributed by atoms with E-state index < -0.39 is 0 Å². The fraction of sp³-hybridized carbons (Fsp3) is 0.500. The summed E-state index contributed by atoms with van der Waals surface area (Å²) in [7, 11) is 1.86. The van der Waals surface area contributed by atoms with Gasteiger partial charge in [0.1, 0.15) is 5.52 Å². The lowest BCUT2D eigenvalue weighted by Crippen LogP contribution is -2.29. The molecule has 6 nitrogen and oxygen atoms in total. The molecule has 1 unspecified atom stereocenters. The van der Waals surface area contributed by atoms with E-state index in [4.69, 9.17) is 5.11 Å². The molecule has 108 valence electrons. The van der Waals surface area contributed by atoms with E-state index in [1.165, 1.54) is 0 Å². The Hall–Kier alpha value is -1.95. The second-order valence-electron chi connectivity index (χ2n) is 4.92. The predicted molar refractivity (Wildman–Crippen MR) is 76.3 cm³/mol. The molecule has 0 aromatic carbocycles. The van der Waals surface area contributed by atoms with Crippen molar-refractivity contribution in [3.8, 4) is 0 Å². The number of pyridine rings is 1. The van der Waals surface area contributed by atoms with E-state index >= 15 is 0 Å². The third-order valence-electron chi connectivity index (χ3n) is 3.48. The zero-order chi connectivity index (χ0) is 14.5. The van der Waals surface area contributed by atoms with Gasteiger partial charge in [0.25, 0.3) is 5.91 Å². The van der Waals surface area contributed by atoms with Crippen molar-refractivity contribution >= 4 is 17.1 Å². The summed E-state index contributed by atoms with van der Waals surface area (Å²) in [6.07, 6.45) is 4.87. The number of aromatic nitrogens is 3. The summed E-state index contributed by atoms with van der Waals surface area (Å²) < 4.78 is 1.81. The molecule has 0 fully saturated rings. The van der Waals surface area contributed by atoms with Gasteiger partial charge in [0.2, 0.25) is 0 Å². The van der Waals surface area contributed by atoms with Crippen LogP contribution in [0.2, 0.25) is 0 Å². The Labute approximate surface area is 117 Å². The van der Waals surface area contributed by atoms with Crippen molar-refractivity contribution in [3.05, 3.63) is 24.2 Å². The van der Waals surface area contributed by atoms with Gasteiger partial charge in [0.05, 0.1) is 11.9 Å². The molecule has 0 aliphatic carbocycles. The third-order valence-corrected chi connectivity index (χ3v) is 3.48. The van der Waals surface area contributed by atoms with Crippen LogP contribution in [-0.2, 0) is 7.05 Å². The van der Waals surface area contributed by atoms with Gasteiger partial charge in [-0.3, -0.25) is 4.79 Å². The largest absolute Gasteiger partial charge is 0.396 e. The molecule has 0 spiro atoms. The minimum atomic E-state index is -0.151. The highest BCUT2D eigenvalue weighted by molar-refractivity contribution is 5.96. The number of amides is 1. The number of carbonyl (C=O) groups is 1. The number of fused-ring (bicyclic) bond motifs is 1. The van der Waals surface area contributed by atoms with Gasteiger partial charge in [0.15, 0.2) is 5.65 Å². The SMILES string of the molecule is CCC(CCO)CNC(=O)c1cnc2c(c1)ncn2C. The molecule has 0 aliphatic heterocycles. The topological polar surface area (TPSA) is 80.0 Å². The molecule has 2 aromatic heterocycles. The molecular formula is C14H20N4O2. The van der Waals surface area contributed by atoms with Crippen LogP contribution in [0, 0.1) is 5.92 Å². The minimum Gasteiger partial charge on any atom is -0.396 e. The molecule has 0 aliphatic rings. The van der Waals surface area contributed by atoms with Crippen LogP contribution in [0.3, 0.4) is 0 Å². The molecule has 2 aromatic rings. The molecule has 20 heavy (non-hydrogen) atoms. The summed E-state index contributed by atoms with van der Waals surface area (Å²) >= 11 is 0. The Kier molecular flexibility index (Phi) is 4.68. The molecule has 1 amide bonds. The van der Waals surface area contributed by atoms with Crippen LogP contribution in [0.4, 0.5) is 0 Å². The van der Waals surface area contributed by atoms with Crippen LogP contribution in [0.25, 0.3) is 11.2 Å². The Morgan fingerprint density at radius 2 is 2.30 bits per heavy atom. The average Bonchev–Trinajstić information content (AvgIpc) is 2.84. The van der Waals surface area contributed by atoms with E-state index in [9.17, 15) is 4.79 Å². The summed E-state index contributed by atoms with van der Waals surface area (Å²) in [5.41, 5.74) is 1.98.